The summed E-state index contributed by atoms with van der Waals surface area (Å²) in [4.78, 5) is 19.2. The van der Waals surface area contributed by atoms with Crippen molar-refractivity contribution in [2.45, 2.75) is 20.8 Å². The van der Waals surface area contributed by atoms with Gasteiger partial charge in [-0.2, -0.15) is 0 Å². The van der Waals surface area contributed by atoms with Crippen LogP contribution in [0.25, 0.3) is 0 Å². The first-order valence-corrected chi connectivity index (χ1v) is 4.94. The van der Waals surface area contributed by atoms with E-state index in [1.807, 2.05) is 26.0 Å². The van der Waals surface area contributed by atoms with Gasteiger partial charge in [-0.15, -0.1) is 0 Å². The third-order valence-electron chi connectivity index (χ3n) is 1.84. The van der Waals surface area contributed by atoms with Crippen LogP contribution in [0.3, 0.4) is 0 Å². The minimum absolute atomic E-state index is 0.289. The highest BCUT2D eigenvalue weighted by atomic mass is 16.5. The Morgan fingerprint density at radius 1 is 1.18 bits per heavy atom. The third kappa shape index (κ3) is 7.84. The number of hydrogen-bond donors (Lipinski definition) is 2. The van der Waals surface area contributed by atoms with Gasteiger partial charge < -0.3 is 14.9 Å². The summed E-state index contributed by atoms with van der Waals surface area (Å²) in [6.07, 6.45) is 0. The zero-order valence-corrected chi connectivity index (χ0v) is 10.1. The van der Waals surface area contributed by atoms with Crippen molar-refractivity contribution in [3.63, 3.8) is 0 Å². The molecule has 0 saturated carbocycles. The van der Waals surface area contributed by atoms with Crippen LogP contribution in [-0.4, -0.2) is 28.8 Å². The number of hydrogen-bond acceptors (Lipinski definition) is 3. The number of carboxylic acids is 2. The van der Waals surface area contributed by atoms with Gasteiger partial charge in [0, 0.05) is 6.92 Å². The summed E-state index contributed by atoms with van der Waals surface area (Å²) >= 11 is 0. The van der Waals surface area contributed by atoms with E-state index in [2.05, 4.69) is 0 Å². The molecule has 0 atom stereocenters. The van der Waals surface area contributed by atoms with Gasteiger partial charge in [0.1, 0.15) is 5.75 Å². The van der Waals surface area contributed by atoms with Crippen LogP contribution >= 0.6 is 0 Å². The Bertz CT molecular complexity index is 394. The molecule has 0 aliphatic heterocycles. The molecule has 1 aromatic rings. The van der Waals surface area contributed by atoms with Crippen LogP contribution in [-0.2, 0) is 9.59 Å². The summed E-state index contributed by atoms with van der Waals surface area (Å²) in [5, 5.41) is 15.8. The van der Waals surface area contributed by atoms with E-state index in [4.69, 9.17) is 19.7 Å². The normalized spacial score (nSPS) is 8.88. The molecule has 0 aliphatic carbocycles. The molecule has 0 amide bonds. The molecule has 0 heterocycles. The molecule has 0 fully saturated rings. The van der Waals surface area contributed by atoms with Gasteiger partial charge in [-0.25, -0.2) is 4.79 Å². The number of benzene rings is 1. The Labute approximate surface area is 99.7 Å². The Kier molecular flexibility index (Phi) is 6.40. The summed E-state index contributed by atoms with van der Waals surface area (Å²) in [6.45, 7) is 4.75. The lowest BCUT2D eigenvalue weighted by atomic mass is 10.1. The maximum absolute atomic E-state index is 10.2. The van der Waals surface area contributed by atoms with Crippen molar-refractivity contribution < 1.29 is 24.5 Å². The second kappa shape index (κ2) is 7.27. The SMILES string of the molecule is CC(=O)O.Cc1ccc(OCC(=O)O)cc1C. The van der Waals surface area contributed by atoms with Gasteiger partial charge in [0.15, 0.2) is 6.61 Å². The summed E-state index contributed by atoms with van der Waals surface area (Å²) in [6, 6.07) is 5.51. The first-order chi connectivity index (χ1) is 7.82. The monoisotopic (exact) mass is 240 g/mol. The molecule has 0 bridgehead atoms. The van der Waals surface area contributed by atoms with Gasteiger partial charge in [0.2, 0.25) is 0 Å². The molecule has 1 aromatic carbocycles. The van der Waals surface area contributed by atoms with Crippen molar-refractivity contribution in [2.24, 2.45) is 0 Å². The molecule has 0 aliphatic rings. The van der Waals surface area contributed by atoms with Crippen LogP contribution in [0, 0.1) is 13.8 Å². The molecule has 94 valence electrons. The molecule has 1 rings (SSSR count). The van der Waals surface area contributed by atoms with E-state index in [9.17, 15) is 4.79 Å². The van der Waals surface area contributed by atoms with Crippen molar-refractivity contribution in [1.29, 1.82) is 0 Å². The van der Waals surface area contributed by atoms with E-state index < -0.39 is 11.9 Å². The predicted octanol–water partition coefficient (Wildman–Crippen LogP) is 1.86. The zero-order valence-electron chi connectivity index (χ0n) is 10.1. The second-order valence-electron chi connectivity index (χ2n) is 3.45. The third-order valence-corrected chi connectivity index (χ3v) is 1.84. The first-order valence-electron chi connectivity index (χ1n) is 4.94. The Balaban J connectivity index is 0.000000557. The maximum atomic E-state index is 10.2. The number of ether oxygens (including phenoxy) is 1. The fraction of sp³-hybridized carbons (Fsp3) is 0.333. The zero-order chi connectivity index (χ0) is 13.4. The Morgan fingerprint density at radius 3 is 2.12 bits per heavy atom. The highest BCUT2D eigenvalue weighted by Crippen LogP contribution is 2.15. The van der Waals surface area contributed by atoms with E-state index in [1.54, 1.807) is 6.07 Å². The van der Waals surface area contributed by atoms with E-state index in [1.165, 1.54) is 5.56 Å². The van der Waals surface area contributed by atoms with Crippen LogP contribution in [0.4, 0.5) is 0 Å². The minimum atomic E-state index is -0.960. The molecule has 0 saturated heterocycles. The van der Waals surface area contributed by atoms with E-state index in [0.717, 1.165) is 12.5 Å². The van der Waals surface area contributed by atoms with Crippen LogP contribution in [0.5, 0.6) is 5.75 Å². The number of aliphatic carboxylic acids is 2. The molecule has 0 spiro atoms. The molecule has 5 heteroatoms. The van der Waals surface area contributed by atoms with Crippen LogP contribution in [0.2, 0.25) is 0 Å². The van der Waals surface area contributed by atoms with Crippen molar-refractivity contribution >= 4 is 11.9 Å². The lowest BCUT2D eigenvalue weighted by Crippen LogP contribution is -2.09. The lowest BCUT2D eigenvalue weighted by molar-refractivity contribution is -0.139. The van der Waals surface area contributed by atoms with Gasteiger partial charge in [0.25, 0.3) is 5.97 Å². The number of carbonyl (C=O) groups is 2. The summed E-state index contributed by atoms with van der Waals surface area (Å²) in [5.74, 6) is -1.19. The molecule has 5 nitrogen and oxygen atoms in total. The van der Waals surface area contributed by atoms with Gasteiger partial charge in [-0.05, 0) is 37.1 Å². The highest BCUT2D eigenvalue weighted by molar-refractivity contribution is 5.68. The average molecular weight is 240 g/mol. The smallest absolute Gasteiger partial charge is 0.341 e. The topological polar surface area (TPSA) is 83.8 Å². The highest BCUT2D eigenvalue weighted by Gasteiger charge is 2.00. The average Bonchev–Trinajstić information content (AvgIpc) is 2.19. The first kappa shape index (κ1) is 15.0. The molecular weight excluding hydrogens is 224 g/mol. The van der Waals surface area contributed by atoms with Crippen LogP contribution in [0.15, 0.2) is 18.2 Å². The minimum Gasteiger partial charge on any atom is -0.482 e. The van der Waals surface area contributed by atoms with Gasteiger partial charge >= 0.3 is 5.97 Å². The Morgan fingerprint density at radius 2 is 1.71 bits per heavy atom. The summed E-state index contributed by atoms with van der Waals surface area (Å²) < 4.78 is 5.00. The fourth-order valence-corrected chi connectivity index (χ4v) is 0.949. The molecule has 17 heavy (non-hydrogen) atoms. The Hall–Kier alpha value is -2.04. The quantitative estimate of drug-likeness (QED) is 0.842. The number of carboxylic acid groups (broad SMARTS) is 2. The molecule has 0 aromatic heterocycles. The molecule has 0 radical (unpaired) electrons. The van der Waals surface area contributed by atoms with Crippen LogP contribution in [0.1, 0.15) is 18.1 Å². The molecule has 2 N–H and O–H groups in total. The molecular formula is C12H16O5. The number of aryl methyl sites for hydroxylation is 2. The van der Waals surface area contributed by atoms with Crippen molar-refractivity contribution in [3.8, 4) is 5.75 Å². The van der Waals surface area contributed by atoms with Crippen molar-refractivity contribution in [2.75, 3.05) is 6.61 Å². The van der Waals surface area contributed by atoms with Crippen molar-refractivity contribution in [1.82, 2.24) is 0 Å². The lowest BCUT2D eigenvalue weighted by Gasteiger charge is -2.05. The second-order valence-corrected chi connectivity index (χ2v) is 3.45. The standard InChI is InChI=1S/C10H12O3.C2H4O2/c1-7-3-4-9(5-8(7)2)13-6-10(11)12;1-2(3)4/h3-5H,6H2,1-2H3,(H,11,12);1H3,(H,3,4). The predicted molar refractivity (Wildman–Crippen MR) is 62.4 cm³/mol. The maximum Gasteiger partial charge on any atom is 0.341 e. The number of rotatable bonds is 3. The van der Waals surface area contributed by atoms with Crippen molar-refractivity contribution in [3.05, 3.63) is 29.3 Å². The van der Waals surface area contributed by atoms with E-state index >= 15 is 0 Å². The van der Waals surface area contributed by atoms with Crippen LogP contribution < -0.4 is 4.74 Å². The van der Waals surface area contributed by atoms with Gasteiger partial charge in [-0.3, -0.25) is 4.79 Å². The largest absolute Gasteiger partial charge is 0.482 e. The van der Waals surface area contributed by atoms with E-state index in [0.29, 0.717) is 5.75 Å². The summed E-state index contributed by atoms with van der Waals surface area (Å²) in [7, 11) is 0. The van der Waals surface area contributed by atoms with Gasteiger partial charge in [-0.1, -0.05) is 6.07 Å². The van der Waals surface area contributed by atoms with E-state index in [-0.39, 0.29) is 6.61 Å². The fourth-order valence-electron chi connectivity index (χ4n) is 0.949. The van der Waals surface area contributed by atoms with Gasteiger partial charge in [0.05, 0.1) is 0 Å². The summed E-state index contributed by atoms with van der Waals surface area (Å²) in [5.41, 5.74) is 2.27. The molecule has 0 unspecified atom stereocenters.